The summed E-state index contributed by atoms with van der Waals surface area (Å²) < 4.78 is 5.40. The minimum atomic E-state index is -1.28. The van der Waals surface area contributed by atoms with Gasteiger partial charge < -0.3 is 30.8 Å². The van der Waals surface area contributed by atoms with E-state index in [2.05, 4.69) is 15.0 Å². The number of aliphatic imine (C=N–C) groups is 1. The van der Waals surface area contributed by atoms with E-state index in [0.29, 0.717) is 11.5 Å². The first kappa shape index (κ1) is 13.7. The molecule has 20 heavy (non-hydrogen) atoms. The molecule has 0 aliphatic carbocycles. The number of ether oxygens (including phenoxy) is 1. The summed E-state index contributed by atoms with van der Waals surface area (Å²) in [6.07, 6.45) is -3.79. The summed E-state index contributed by atoms with van der Waals surface area (Å²) in [4.78, 5) is 12.2. The molecule has 10 heteroatoms. The van der Waals surface area contributed by atoms with E-state index >= 15 is 0 Å². The van der Waals surface area contributed by atoms with Crippen LogP contribution in [0.3, 0.4) is 0 Å². The van der Waals surface area contributed by atoms with Crippen LogP contribution in [0.25, 0.3) is 0 Å². The molecule has 0 radical (unpaired) electrons. The van der Waals surface area contributed by atoms with Gasteiger partial charge in [0, 0.05) is 0 Å². The Morgan fingerprint density at radius 2 is 2.20 bits per heavy atom. The third-order valence-corrected chi connectivity index (χ3v) is 3.72. The minimum Gasteiger partial charge on any atom is -0.394 e. The molecule has 9 nitrogen and oxygen atoms in total. The third kappa shape index (κ3) is 1.91. The molecule has 2 aliphatic rings. The Labute approximate surface area is 118 Å². The van der Waals surface area contributed by atoms with Gasteiger partial charge >= 0.3 is 0 Å². The number of nitrogens with zero attached hydrogens (tertiary/aromatic N) is 3. The first-order chi connectivity index (χ1) is 9.54. The summed E-state index contributed by atoms with van der Waals surface area (Å²) in [5, 5.41) is 28.9. The van der Waals surface area contributed by atoms with Crippen LogP contribution in [-0.2, 0) is 4.74 Å². The first-order valence-corrected chi connectivity index (χ1v) is 6.36. The lowest BCUT2D eigenvalue weighted by Gasteiger charge is -2.36. The highest BCUT2D eigenvalue weighted by molar-refractivity contribution is 6.65. The zero-order chi connectivity index (χ0) is 14.4. The van der Waals surface area contributed by atoms with E-state index < -0.39 is 37.3 Å². The number of aliphatic hydroxyl groups is 3. The molecule has 0 aromatic carbocycles. The van der Waals surface area contributed by atoms with Crippen molar-refractivity contribution in [2.75, 3.05) is 6.61 Å². The number of imidazole rings is 1. The first-order valence-electron chi connectivity index (χ1n) is 5.98. The molecular formula is C10H14ClN5O4. The number of H-pyrrole nitrogens is 1. The molecule has 1 unspecified atom stereocenters. The number of aromatic nitrogens is 2. The molecule has 0 bridgehead atoms. The number of halogens is 1. The van der Waals surface area contributed by atoms with Gasteiger partial charge in [0.1, 0.15) is 30.2 Å². The Bertz CT molecular complexity index is 537. The van der Waals surface area contributed by atoms with Gasteiger partial charge in [0.2, 0.25) is 5.29 Å². The standard InChI is InChI=1S/C10H14ClN5O4/c11-10-15-8-4(13-2-14-8)7(12)16(10)9-6(19)5(18)3(1-17)20-9/h2-3,5-7,9,17-19H,1,12H2,(H,13,14)/t3-,5+,6-,7?,9-/m1/s1. The van der Waals surface area contributed by atoms with Gasteiger partial charge in [-0.15, -0.1) is 0 Å². The minimum absolute atomic E-state index is 0.00379. The lowest BCUT2D eigenvalue weighted by Crippen LogP contribution is -2.51. The maximum atomic E-state index is 10.0. The van der Waals surface area contributed by atoms with E-state index in [0.717, 1.165) is 0 Å². The fourth-order valence-corrected chi connectivity index (χ4v) is 2.66. The Morgan fingerprint density at radius 1 is 1.45 bits per heavy atom. The van der Waals surface area contributed by atoms with Crippen molar-refractivity contribution in [3.05, 3.63) is 12.0 Å². The number of rotatable bonds is 2. The summed E-state index contributed by atoms with van der Waals surface area (Å²) in [6.45, 7) is -0.430. The maximum Gasteiger partial charge on any atom is 0.204 e. The Morgan fingerprint density at radius 3 is 2.85 bits per heavy atom. The number of nitrogens with two attached hydrogens (primary N) is 1. The van der Waals surface area contributed by atoms with Crippen LogP contribution in [0, 0.1) is 0 Å². The van der Waals surface area contributed by atoms with Crippen molar-refractivity contribution in [2.24, 2.45) is 10.7 Å². The van der Waals surface area contributed by atoms with Gasteiger partial charge in [0.25, 0.3) is 0 Å². The normalized spacial score (nSPS) is 37.0. The van der Waals surface area contributed by atoms with Crippen LogP contribution >= 0.6 is 11.6 Å². The number of hydrogen-bond acceptors (Lipinski definition) is 8. The fourth-order valence-electron chi connectivity index (χ4n) is 2.37. The molecule has 2 aliphatic heterocycles. The predicted octanol–water partition coefficient (Wildman–Crippen LogP) is -1.65. The summed E-state index contributed by atoms with van der Waals surface area (Å²) in [5.74, 6) is 0.436. The molecule has 1 fully saturated rings. The molecule has 0 spiro atoms. The predicted molar refractivity (Wildman–Crippen MR) is 68.1 cm³/mol. The van der Waals surface area contributed by atoms with Gasteiger partial charge in [-0.2, -0.15) is 0 Å². The second kappa shape index (κ2) is 4.95. The maximum absolute atomic E-state index is 10.0. The number of hydrogen-bond donors (Lipinski definition) is 5. The quantitative estimate of drug-likeness (QED) is 0.412. The van der Waals surface area contributed by atoms with E-state index in [1.165, 1.54) is 11.2 Å². The Hall–Kier alpha value is -1.23. The molecule has 6 N–H and O–H groups in total. The highest BCUT2D eigenvalue weighted by Gasteiger charge is 2.48. The van der Waals surface area contributed by atoms with Gasteiger partial charge in [-0.25, -0.2) is 9.98 Å². The smallest absolute Gasteiger partial charge is 0.204 e. The van der Waals surface area contributed by atoms with Gasteiger partial charge in [-0.1, -0.05) is 0 Å². The van der Waals surface area contributed by atoms with Crippen molar-refractivity contribution < 1.29 is 20.1 Å². The van der Waals surface area contributed by atoms with Crippen molar-refractivity contribution in [2.45, 2.75) is 30.7 Å². The molecule has 5 atom stereocenters. The van der Waals surface area contributed by atoms with Crippen LogP contribution in [0.15, 0.2) is 11.3 Å². The van der Waals surface area contributed by atoms with E-state index in [1.807, 2.05) is 0 Å². The molecule has 0 amide bonds. The summed E-state index contributed by atoms with van der Waals surface area (Å²) >= 11 is 6.06. The Balaban J connectivity index is 1.91. The van der Waals surface area contributed by atoms with Crippen LogP contribution in [0.1, 0.15) is 11.9 Å². The third-order valence-electron chi connectivity index (χ3n) is 3.44. The molecule has 1 saturated heterocycles. The SMILES string of the molecule is NC1c2nc[nH]c2N=C(Cl)N1[C@@H]1O[C@H](CO)[C@H](O)[C@H]1O. The van der Waals surface area contributed by atoms with Crippen LogP contribution in [-0.4, -0.2) is 66.6 Å². The molecule has 1 aromatic heterocycles. The van der Waals surface area contributed by atoms with E-state index in [1.54, 1.807) is 0 Å². The summed E-state index contributed by atoms with van der Waals surface area (Å²) in [5.41, 5.74) is 6.49. The topological polar surface area (TPSA) is 140 Å². The van der Waals surface area contributed by atoms with Gasteiger partial charge in [0.15, 0.2) is 12.0 Å². The van der Waals surface area contributed by atoms with Gasteiger partial charge in [0.05, 0.1) is 12.9 Å². The highest BCUT2D eigenvalue weighted by Crippen LogP contribution is 2.35. The zero-order valence-corrected chi connectivity index (χ0v) is 11.0. The van der Waals surface area contributed by atoms with Crippen molar-refractivity contribution in [3.63, 3.8) is 0 Å². The monoisotopic (exact) mass is 303 g/mol. The lowest BCUT2D eigenvalue weighted by molar-refractivity contribution is -0.0832. The van der Waals surface area contributed by atoms with Crippen molar-refractivity contribution in [1.29, 1.82) is 0 Å². The highest BCUT2D eigenvalue weighted by atomic mass is 35.5. The number of fused-ring (bicyclic) bond motifs is 1. The van der Waals surface area contributed by atoms with E-state index in [-0.39, 0.29) is 5.29 Å². The summed E-state index contributed by atoms with van der Waals surface area (Å²) in [6, 6.07) is 0. The van der Waals surface area contributed by atoms with E-state index in [9.17, 15) is 10.2 Å². The molecular weight excluding hydrogens is 290 g/mol. The zero-order valence-electron chi connectivity index (χ0n) is 10.2. The molecule has 0 saturated carbocycles. The number of amidine groups is 1. The second-order valence-corrected chi connectivity index (χ2v) is 4.94. The summed E-state index contributed by atoms with van der Waals surface area (Å²) in [7, 11) is 0. The molecule has 3 heterocycles. The van der Waals surface area contributed by atoms with Gasteiger partial charge in [-0.3, -0.25) is 4.90 Å². The van der Waals surface area contributed by atoms with Crippen molar-refractivity contribution in [3.8, 4) is 0 Å². The molecule has 1 aromatic rings. The van der Waals surface area contributed by atoms with Crippen LogP contribution < -0.4 is 5.73 Å². The average molecular weight is 304 g/mol. The fraction of sp³-hybridized carbons (Fsp3) is 0.600. The number of aliphatic hydroxyl groups excluding tert-OH is 3. The van der Waals surface area contributed by atoms with Crippen LogP contribution in [0.2, 0.25) is 0 Å². The molecule has 110 valence electrons. The van der Waals surface area contributed by atoms with E-state index in [4.69, 9.17) is 27.2 Å². The number of aromatic amines is 1. The lowest BCUT2D eigenvalue weighted by atomic mass is 10.1. The second-order valence-electron chi connectivity index (χ2n) is 4.60. The van der Waals surface area contributed by atoms with Gasteiger partial charge in [-0.05, 0) is 11.6 Å². The Kier molecular flexibility index (Phi) is 3.40. The largest absolute Gasteiger partial charge is 0.394 e. The average Bonchev–Trinajstić information content (AvgIpc) is 2.98. The number of nitrogens with one attached hydrogen (secondary N) is 1. The van der Waals surface area contributed by atoms with Crippen molar-refractivity contribution in [1.82, 2.24) is 14.9 Å². The van der Waals surface area contributed by atoms with Crippen LogP contribution in [0.5, 0.6) is 0 Å². The van der Waals surface area contributed by atoms with Crippen molar-refractivity contribution >= 4 is 22.7 Å². The van der Waals surface area contributed by atoms with Crippen LogP contribution in [0.4, 0.5) is 5.82 Å². The molecule has 3 rings (SSSR count).